The van der Waals surface area contributed by atoms with Crippen LogP contribution in [0.2, 0.25) is 0 Å². The zero-order valence-corrected chi connectivity index (χ0v) is 7.64. The molecule has 4 N–H and O–H groups in total. The van der Waals surface area contributed by atoms with Gasteiger partial charge in [-0.25, -0.2) is 5.43 Å². The maximum atomic E-state index is 11.2. The number of rotatable bonds is 4. The number of nitrogens with one attached hydrogen (secondary N) is 1. The van der Waals surface area contributed by atoms with Crippen LogP contribution in [0.5, 0.6) is 0 Å². The Labute approximate surface area is 81.2 Å². The van der Waals surface area contributed by atoms with E-state index in [0.717, 1.165) is 0 Å². The fourth-order valence-electron chi connectivity index (χ4n) is 1.24. The van der Waals surface area contributed by atoms with Crippen LogP contribution in [0.4, 0.5) is 0 Å². The molecule has 1 aliphatic rings. The summed E-state index contributed by atoms with van der Waals surface area (Å²) >= 11 is 0. The minimum absolute atomic E-state index is 0.162. The first-order valence-corrected chi connectivity index (χ1v) is 4.41. The van der Waals surface area contributed by atoms with Gasteiger partial charge in [-0.05, 0) is 19.3 Å². The van der Waals surface area contributed by atoms with Gasteiger partial charge in [0.05, 0.1) is 0 Å². The highest BCUT2D eigenvalue weighted by Gasteiger charge is 2.22. The normalized spacial score (nSPS) is 22.9. The van der Waals surface area contributed by atoms with Crippen molar-refractivity contribution in [3.63, 3.8) is 0 Å². The maximum absolute atomic E-state index is 11.2. The van der Waals surface area contributed by atoms with Gasteiger partial charge in [-0.2, -0.15) is 5.10 Å². The predicted octanol–water partition coefficient (Wildman–Crippen LogP) is -0.700. The van der Waals surface area contributed by atoms with E-state index in [0.29, 0.717) is 19.3 Å². The van der Waals surface area contributed by atoms with Gasteiger partial charge in [-0.1, -0.05) is 0 Å². The number of nitrogens with two attached hydrogens (primary N) is 1. The van der Waals surface area contributed by atoms with Crippen LogP contribution in [-0.2, 0) is 9.59 Å². The monoisotopic (exact) mass is 199 g/mol. The summed E-state index contributed by atoms with van der Waals surface area (Å²) < 4.78 is 0. The lowest BCUT2D eigenvalue weighted by Crippen LogP contribution is -2.35. The van der Waals surface area contributed by atoms with Gasteiger partial charge in [0.2, 0.25) is 5.91 Å². The van der Waals surface area contributed by atoms with Crippen LogP contribution in [0.25, 0.3) is 0 Å². The lowest BCUT2D eigenvalue weighted by Gasteiger charge is -2.17. The standard InChI is InChI=1S/C8H13N3O3/c9-6(8(13)14)2-1-5-3-4-10-11-7(5)12/h4-6H,1-3,9H2,(H,11,12)(H,13,14). The lowest BCUT2D eigenvalue weighted by molar-refractivity contribution is -0.139. The van der Waals surface area contributed by atoms with E-state index in [1.54, 1.807) is 6.21 Å². The first kappa shape index (κ1) is 10.6. The molecule has 0 fully saturated rings. The van der Waals surface area contributed by atoms with Crippen molar-refractivity contribution in [3.8, 4) is 0 Å². The molecule has 0 saturated heterocycles. The molecule has 0 saturated carbocycles. The molecule has 0 spiro atoms. The molecule has 1 rings (SSSR count). The number of amides is 1. The van der Waals surface area contributed by atoms with Crippen molar-refractivity contribution in [2.75, 3.05) is 0 Å². The highest BCUT2D eigenvalue weighted by Crippen LogP contribution is 2.13. The molecule has 0 bridgehead atoms. The Morgan fingerprint density at radius 3 is 3.14 bits per heavy atom. The second-order valence-corrected chi connectivity index (χ2v) is 3.24. The number of hydrazone groups is 1. The van der Waals surface area contributed by atoms with Gasteiger partial charge in [0, 0.05) is 12.1 Å². The molecular weight excluding hydrogens is 186 g/mol. The Balaban J connectivity index is 2.34. The Hall–Kier alpha value is -1.43. The maximum Gasteiger partial charge on any atom is 0.320 e. The summed E-state index contributed by atoms with van der Waals surface area (Å²) in [5.41, 5.74) is 7.64. The third kappa shape index (κ3) is 2.81. The van der Waals surface area contributed by atoms with E-state index >= 15 is 0 Å². The van der Waals surface area contributed by atoms with Crippen LogP contribution in [0.15, 0.2) is 5.10 Å². The van der Waals surface area contributed by atoms with Crippen molar-refractivity contribution in [1.82, 2.24) is 5.43 Å². The zero-order chi connectivity index (χ0) is 10.6. The van der Waals surface area contributed by atoms with Crippen molar-refractivity contribution in [1.29, 1.82) is 0 Å². The molecule has 1 aliphatic heterocycles. The molecule has 78 valence electrons. The quantitative estimate of drug-likeness (QED) is 0.556. The van der Waals surface area contributed by atoms with Crippen LogP contribution >= 0.6 is 0 Å². The van der Waals surface area contributed by atoms with Crippen LogP contribution in [0.1, 0.15) is 19.3 Å². The molecule has 0 aromatic heterocycles. The first-order valence-electron chi connectivity index (χ1n) is 4.41. The molecule has 0 radical (unpaired) electrons. The fourth-order valence-corrected chi connectivity index (χ4v) is 1.24. The number of nitrogens with zero attached hydrogens (tertiary/aromatic N) is 1. The summed E-state index contributed by atoms with van der Waals surface area (Å²) in [6, 6.07) is -0.887. The molecule has 1 amide bonds. The van der Waals surface area contributed by atoms with Crippen molar-refractivity contribution in [2.24, 2.45) is 16.8 Å². The molecule has 0 aliphatic carbocycles. The molecule has 6 heteroatoms. The summed E-state index contributed by atoms with van der Waals surface area (Å²) in [4.78, 5) is 21.6. The van der Waals surface area contributed by atoms with E-state index in [9.17, 15) is 9.59 Å². The van der Waals surface area contributed by atoms with E-state index < -0.39 is 12.0 Å². The third-order valence-corrected chi connectivity index (χ3v) is 2.17. The van der Waals surface area contributed by atoms with Gasteiger partial charge in [0.1, 0.15) is 6.04 Å². The second kappa shape index (κ2) is 4.71. The summed E-state index contributed by atoms with van der Waals surface area (Å²) in [6.45, 7) is 0. The van der Waals surface area contributed by atoms with E-state index in [1.165, 1.54) is 0 Å². The molecular formula is C8H13N3O3. The molecule has 1 heterocycles. The fraction of sp³-hybridized carbons (Fsp3) is 0.625. The average Bonchev–Trinajstić information content (AvgIpc) is 2.16. The van der Waals surface area contributed by atoms with Crippen LogP contribution in [0.3, 0.4) is 0 Å². The summed E-state index contributed by atoms with van der Waals surface area (Å²) in [6.07, 6.45) is 2.95. The molecule has 6 nitrogen and oxygen atoms in total. The van der Waals surface area contributed by atoms with Gasteiger partial charge < -0.3 is 10.8 Å². The Morgan fingerprint density at radius 2 is 2.57 bits per heavy atom. The van der Waals surface area contributed by atoms with E-state index in [2.05, 4.69) is 10.5 Å². The smallest absolute Gasteiger partial charge is 0.320 e. The SMILES string of the molecule is NC(CCC1CC=NNC1=O)C(=O)O. The highest BCUT2D eigenvalue weighted by atomic mass is 16.4. The number of hydrogen-bond donors (Lipinski definition) is 3. The summed E-state index contributed by atoms with van der Waals surface area (Å²) in [7, 11) is 0. The van der Waals surface area contributed by atoms with Crippen molar-refractivity contribution < 1.29 is 14.7 Å². The lowest BCUT2D eigenvalue weighted by atomic mass is 9.96. The molecule has 2 atom stereocenters. The number of aliphatic carboxylic acids is 1. The molecule has 2 unspecified atom stereocenters. The average molecular weight is 199 g/mol. The Morgan fingerprint density at radius 1 is 1.86 bits per heavy atom. The van der Waals surface area contributed by atoms with Gasteiger partial charge in [0.25, 0.3) is 0 Å². The Kier molecular flexibility index (Phi) is 3.58. The summed E-state index contributed by atoms with van der Waals surface area (Å²) in [5.74, 6) is -1.39. The van der Waals surface area contributed by atoms with Crippen molar-refractivity contribution >= 4 is 18.1 Å². The number of carbonyl (C=O) groups excluding carboxylic acids is 1. The molecule has 14 heavy (non-hydrogen) atoms. The first-order chi connectivity index (χ1) is 6.61. The van der Waals surface area contributed by atoms with Crippen LogP contribution in [-0.4, -0.2) is 29.2 Å². The van der Waals surface area contributed by atoms with E-state index in [1.807, 2.05) is 0 Å². The second-order valence-electron chi connectivity index (χ2n) is 3.24. The Bertz CT molecular complexity index is 265. The third-order valence-electron chi connectivity index (χ3n) is 2.17. The van der Waals surface area contributed by atoms with Crippen LogP contribution < -0.4 is 11.2 Å². The largest absolute Gasteiger partial charge is 0.480 e. The zero-order valence-electron chi connectivity index (χ0n) is 7.64. The number of carbonyl (C=O) groups is 2. The minimum Gasteiger partial charge on any atom is -0.480 e. The number of carboxylic acids is 1. The van der Waals surface area contributed by atoms with E-state index in [4.69, 9.17) is 10.8 Å². The molecule has 0 aromatic carbocycles. The summed E-state index contributed by atoms with van der Waals surface area (Å²) in [5, 5.41) is 12.1. The highest BCUT2D eigenvalue weighted by molar-refractivity contribution is 5.84. The number of hydrogen-bond acceptors (Lipinski definition) is 4. The topological polar surface area (TPSA) is 105 Å². The minimum atomic E-state index is -1.03. The van der Waals surface area contributed by atoms with E-state index in [-0.39, 0.29) is 11.8 Å². The van der Waals surface area contributed by atoms with Crippen molar-refractivity contribution in [2.45, 2.75) is 25.3 Å². The number of carboxylic acid groups (broad SMARTS) is 1. The van der Waals surface area contributed by atoms with Crippen LogP contribution in [0, 0.1) is 5.92 Å². The van der Waals surface area contributed by atoms with Crippen molar-refractivity contribution in [3.05, 3.63) is 0 Å². The predicted molar refractivity (Wildman–Crippen MR) is 49.6 cm³/mol. The van der Waals surface area contributed by atoms with Gasteiger partial charge in [-0.3, -0.25) is 9.59 Å². The van der Waals surface area contributed by atoms with Gasteiger partial charge in [0.15, 0.2) is 0 Å². The molecule has 0 aromatic rings. The van der Waals surface area contributed by atoms with Gasteiger partial charge in [-0.15, -0.1) is 0 Å². The van der Waals surface area contributed by atoms with Gasteiger partial charge >= 0.3 is 5.97 Å².